The van der Waals surface area contributed by atoms with Crippen molar-refractivity contribution in [2.75, 3.05) is 25.0 Å². The van der Waals surface area contributed by atoms with E-state index < -0.39 is 0 Å². The zero-order valence-electron chi connectivity index (χ0n) is 13.7. The molecule has 1 N–H and O–H groups in total. The van der Waals surface area contributed by atoms with E-state index in [-0.39, 0.29) is 6.03 Å². The van der Waals surface area contributed by atoms with Crippen LogP contribution in [0.1, 0.15) is 19.4 Å². The lowest BCUT2D eigenvalue weighted by atomic mass is 10.2. The van der Waals surface area contributed by atoms with E-state index in [1.807, 2.05) is 50.2 Å². The Morgan fingerprint density at radius 2 is 1.83 bits per heavy atom. The molecule has 0 aliphatic carbocycles. The van der Waals surface area contributed by atoms with Crippen molar-refractivity contribution in [3.8, 4) is 5.75 Å². The number of ether oxygens (including phenoxy) is 1. The molecule has 0 spiro atoms. The third-order valence-electron chi connectivity index (χ3n) is 3.51. The molecule has 0 fully saturated rings. The summed E-state index contributed by atoms with van der Waals surface area (Å²) in [6, 6.07) is 11.2. The number of benzene rings is 1. The maximum absolute atomic E-state index is 12.3. The van der Waals surface area contributed by atoms with Gasteiger partial charge in [0.1, 0.15) is 5.75 Å². The van der Waals surface area contributed by atoms with Crippen LogP contribution in [0.5, 0.6) is 5.75 Å². The number of urea groups is 1. The fraction of sp³-hybridized carbons (Fsp3) is 0.333. The second-order valence-electron chi connectivity index (χ2n) is 5.07. The van der Waals surface area contributed by atoms with Crippen molar-refractivity contribution >= 4 is 11.7 Å². The summed E-state index contributed by atoms with van der Waals surface area (Å²) in [5, 5.41) is 2.92. The minimum Gasteiger partial charge on any atom is -0.494 e. The highest BCUT2D eigenvalue weighted by atomic mass is 16.5. The molecule has 2 rings (SSSR count). The first kappa shape index (κ1) is 16.8. The van der Waals surface area contributed by atoms with Crippen molar-refractivity contribution in [3.63, 3.8) is 0 Å². The van der Waals surface area contributed by atoms with Gasteiger partial charge in [-0.25, -0.2) is 4.79 Å². The molecule has 0 atom stereocenters. The van der Waals surface area contributed by atoms with Crippen molar-refractivity contribution in [2.24, 2.45) is 0 Å². The summed E-state index contributed by atoms with van der Waals surface area (Å²) in [6.45, 7) is 5.88. The van der Waals surface area contributed by atoms with Crippen LogP contribution in [-0.2, 0) is 6.42 Å². The average Bonchev–Trinajstić information content (AvgIpc) is 2.58. The van der Waals surface area contributed by atoms with E-state index in [0.29, 0.717) is 19.7 Å². The third-order valence-corrected chi connectivity index (χ3v) is 3.51. The molecule has 1 aromatic carbocycles. The van der Waals surface area contributed by atoms with E-state index in [4.69, 9.17) is 4.74 Å². The standard InChI is InChI=1S/C18H23N3O2/c1-3-21(14-11-15-9-12-19-13-10-15)18(22)20-16-5-7-17(8-6-16)23-4-2/h5-10,12-13H,3-4,11,14H2,1-2H3,(H,20,22). The molecule has 1 aromatic heterocycles. The van der Waals surface area contributed by atoms with E-state index in [9.17, 15) is 4.79 Å². The van der Waals surface area contributed by atoms with Gasteiger partial charge >= 0.3 is 6.03 Å². The van der Waals surface area contributed by atoms with Crippen molar-refractivity contribution in [1.82, 2.24) is 9.88 Å². The Balaban J connectivity index is 1.89. The minimum atomic E-state index is -0.0919. The number of hydrogen-bond donors (Lipinski definition) is 1. The molecule has 2 aromatic rings. The SMILES string of the molecule is CCOc1ccc(NC(=O)N(CC)CCc2ccncc2)cc1. The Kier molecular flexibility index (Phi) is 6.41. The lowest BCUT2D eigenvalue weighted by Crippen LogP contribution is -2.36. The van der Waals surface area contributed by atoms with Crippen LogP contribution in [0.2, 0.25) is 0 Å². The van der Waals surface area contributed by atoms with Gasteiger partial charge < -0.3 is 15.0 Å². The summed E-state index contributed by atoms with van der Waals surface area (Å²) in [7, 11) is 0. The van der Waals surface area contributed by atoms with Crippen molar-refractivity contribution in [2.45, 2.75) is 20.3 Å². The largest absolute Gasteiger partial charge is 0.494 e. The normalized spacial score (nSPS) is 10.2. The Hall–Kier alpha value is -2.56. The van der Waals surface area contributed by atoms with Gasteiger partial charge in [-0.15, -0.1) is 0 Å². The van der Waals surface area contributed by atoms with Crippen molar-refractivity contribution in [3.05, 3.63) is 54.4 Å². The molecule has 0 aliphatic rings. The number of nitrogens with zero attached hydrogens (tertiary/aromatic N) is 2. The van der Waals surface area contributed by atoms with Gasteiger partial charge in [-0.05, 0) is 62.2 Å². The molecule has 0 saturated carbocycles. The molecule has 1 heterocycles. The van der Waals surface area contributed by atoms with Crippen LogP contribution in [0.25, 0.3) is 0 Å². The molecule has 0 bridgehead atoms. The van der Waals surface area contributed by atoms with E-state index in [1.165, 1.54) is 5.56 Å². The van der Waals surface area contributed by atoms with Crippen LogP contribution in [0.4, 0.5) is 10.5 Å². The fourth-order valence-corrected chi connectivity index (χ4v) is 2.22. The Morgan fingerprint density at radius 1 is 1.13 bits per heavy atom. The minimum absolute atomic E-state index is 0.0919. The van der Waals surface area contributed by atoms with Gasteiger partial charge in [0.05, 0.1) is 6.61 Å². The third kappa shape index (κ3) is 5.29. The molecule has 23 heavy (non-hydrogen) atoms. The first-order valence-corrected chi connectivity index (χ1v) is 7.90. The van der Waals surface area contributed by atoms with Gasteiger partial charge in [0.25, 0.3) is 0 Å². The summed E-state index contributed by atoms with van der Waals surface area (Å²) in [5.41, 5.74) is 1.94. The molecule has 122 valence electrons. The Morgan fingerprint density at radius 3 is 2.43 bits per heavy atom. The number of rotatable bonds is 7. The summed E-state index contributed by atoms with van der Waals surface area (Å²) >= 11 is 0. The van der Waals surface area contributed by atoms with Gasteiger partial charge in [0, 0.05) is 31.2 Å². The van der Waals surface area contributed by atoms with Crippen LogP contribution in [0.3, 0.4) is 0 Å². The number of pyridine rings is 1. The number of nitrogens with one attached hydrogen (secondary N) is 1. The number of carbonyl (C=O) groups is 1. The maximum Gasteiger partial charge on any atom is 0.321 e. The van der Waals surface area contributed by atoms with Crippen LogP contribution in [-0.4, -0.2) is 35.6 Å². The van der Waals surface area contributed by atoms with Crippen molar-refractivity contribution < 1.29 is 9.53 Å². The predicted octanol–water partition coefficient (Wildman–Crippen LogP) is 3.58. The molecule has 0 aliphatic heterocycles. The molecule has 2 amide bonds. The van der Waals surface area contributed by atoms with Gasteiger partial charge in [-0.1, -0.05) is 0 Å². The topological polar surface area (TPSA) is 54.5 Å². The fourth-order valence-electron chi connectivity index (χ4n) is 2.22. The maximum atomic E-state index is 12.3. The molecule has 0 radical (unpaired) electrons. The predicted molar refractivity (Wildman–Crippen MR) is 91.8 cm³/mol. The Bertz CT molecular complexity index is 599. The first-order valence-electron chi connectivity index (χ1n) is 7.90. The molecule has 0 saturated heterocycles. The highest BCUT2D eigenvalue weighted by Gasteiger charge is 2.11. The number of amides is 2. The van der Waals surface area contributed by atoms with E-state index in [2.05, 4.69) is 10.3 Å². The van der Waals surface area contributed by atoms with Crippen LogP contribution in [0, 0.1) is 0 Å². The van der Waals surface area contributed by atoms with Gasteiger partial charge in [0.15, 0.2) is 0 Å². The summed E-state index contributed by atoms with van der Waals surface area (Å²) in [4.78, 5) is 18.1. The molecule has 5 nitrogen and oxygen atoms in total. The lowest BCUT2D eigenvalue weighted by Gasteiger charge is -2.21. The highest BCUT2D eigenvalue weighted by Crippen LogP contribution is 2.16. The number of anilines is 1. The zero-order chi connectivity index (χ0) is 16.5. The molecule has 5 heteroatoms. The number of aromatic nitrogens is 1. The molecular weight excluding hydrogens is 290 g/mol. The smallest absolute Gasteiger partial charge is 0.321 e. The summed E-state index contributed by atoms with van der Waals surface area (Å²) in [5.74, 6) is 0.801. The highest BCUT2D eigenvalue weighted by molar-refractivity contribution is 5.89. The second-order valence-corrected chi connectivity index (χ2v) is 5.07. The van der Waals surface area contributed by atoms with E-state index in [0.717, 1.165) is 17.9 Å². The molecule has 0 unspecified atom stereocenters. The van der Waals surface area contributed by atoms with Gasteiger partial charge in [-0.2, -0.15) is 0 Å². The first-order chi connectivity index (χ1) is 11.2. The Labute approximate surface area is 137 Å². The number of carbonyl (C=O) groups excluding carboxylic acids is 1. The average molecular weight is 313 g/mol. The van der Waals surface area contributed by atoms with Gasteiger partial charge in [-0.3, -0.25) is 4.98 Å². The summed E-state index contributed by atoms with van der Waals surface area (Å²) in [6.07, 6.45) is 4.35. The number of likely N-dealkylation sites (N-methyl/N-ethyl adjacent to an activating group) is 1. The quantitative estimate of drug-likeness (QED) is 0.850. The summed E-state index contributed by atoms with van der Waals surface area (Å²) < 4.78 is 5.39. The van der Waals surface area contributed by atoms with Crippen LogP contribution < -0.4 is 10.1 Å². The number of hydrogen-bond acceptors (Lipinski definition) is 3. The molecular formula is C18H23N3O2. The van der Waals surface area contributed by atoms with Crippen molar-refractivity contribution in [1.29, 1.82) is 0 Å². The lowest BCUT2D eigenvalue weighted by molar-refractivity contribution is 0.215. The second kappa shape index (κ2) is 8.78. The van der Waals surface area contributed by atoms with E-state index in [1.54, 1.807) is 17.3 Å². The van der Waals surface area contributed by atoms with Crippen LogP contribution >= 0.6 is 0 Å². The monoisotopic (exact) mass is 313 g/mol. The van der Waals surface area contributed by atoms with Gasteiger partial charge in [0.2, 0.25) is 0 Å². The van der Waals surface area contributed by atoms with E-state index >= 15 is 0 Å². The zero-order valence-corrected chi connectivity index (χ0v) is 13.7. The van der Waals surface area contributed by atoms with Crippen LogP contribution in [0.15, 0.2) is 48.8 Å².